The maximum atomic E-state index is 12.4. The summed E-state index contributed by atoms with van der Waals surface area (Å²) in [5, 5.41) is 0. The number of pyridine rings is 1. The Kier molecular flexibility index (Phi) is 6.00. The Balaban J connectivity index is 1.61. The van der Waals surface area contributed by atoms with Crippen molar-refractivity contribution in [3.63, 3.8) is 0 Å². The fourth-order valence-electron chi connectivity index (χ4n) is 3.27. The summed E-state index contributed by atoms with van der Waals surface area (Å²) < 4.78 is 12.7. The number of aromatic nitrogens is 1. The molecular formula is C18H26N2O3. The van der Waals surface area contributed by atoms with E-state index >= 15 is 0 Å². The molecule has 5 heteroatoms. The van der Waals surface area contributed by atoms with Crippen molar-refractivity contribution in [2.75, 3.05) is 19.8 Å². The monoisotopic (exact) mass is 318 g/mol. The lowest BCUT2D eigenvalue weighted by atomic mass is 9.96. The first-order chi connectivity index (χ1) is 11.3. The number of nitrogens with zero attached hydrogens (tertiary/aromatic N) is 2. The van der Waals surface area contributed by atoms with E-state index in [0.717, 1.165) is 37.8 Å². The van der Waals surface area contributed by atoms with E-state index in [1.165, 1.54) is 19.3 Å². The number of carbonyl (C=O) groups excluding carboxylic acids is 1. The second-order valence-electron chi connectivity index (χ2n) is 6.39. The molecule has 1 aliphatic heterocycles. The van der Waals surface area contributed by atoms with Crippen LogP contribution in [-0.4, -0.2) is 42.4 Å². The third kappa shape index (κ3) is 4.75. The van der Waals surface area contributed by atoms with Gasteiger partial charge in [0.15, 0.2) is 0 Å². The minimum atomic E-state index is -0.0712. The van der Waals surface area contributed by atoms with Crippen LogP contribution in [0.15, 0.2) is 29.4 Å². The first-order valence-corrected chi connectivity index (χ1v) is 8.77. The van der Waals surface area contributed by atoms with Crippen LogP contribution in [-0.2, 0) is 9.47 Å². The van der Waals surface area contributed by atoms with Crippen molar-refractivity contribution in [3.8, 4) is 0 Å². The molecule has 0 bridgehead atoms. The van der Waals surface area contributed by atoms with Gasteiger partial charge in [-0.25, -0.2) is 0 Å². The normalized spacial score (nSPS) is 23.3. The highest BCUT2D eigenvalue weighted by molar-refractivity contribution is 5.79. The summed E-state index contributed by atoms with van der Waals surface area (Å²) in [6.07, 6.45) is 10.1. The Hall–Kier alpha value is -1.46. The van der Waals surface area contributed by atoms with E-state index in [0.29, 0.717) is 12.6 Å². The highest BCUT2D eigenvalue weighted by Gasteiger charge is 2.17. The zero-order valence-electron chi connectivity index (χ0n) is 13.7. The van der Waals surface area contributed by atoms with Crippen LogP contribution in [0.1, 0.15) is 49.7 Å². The molecule has 23 heavy (non-hydrogen) atoms. The molecule has 2 fully saturated rings. The molecule has 0 radical (unpaired) electrons. The van der Waals surface area contributed by atoms with E-state index in [4.69, 9.17) is 14.5 Å². The predicted octanol–water partition coefficient (Wildman–Crippen LogP) is 2.56. The molecule has 0 spiro atoms. The topological polar surface area (TPSA) is 52.8 Å². The van der Waals surface area contributed by atoms with Crippen LogP contribution in [0.2, 0.25) is 0 Å². The number of rotatable bonds is 5. The lowest BCUT2D eigenvalue weighted by molar-refractivity contribution is 0.0161. The minimum absolute atomic E-state index is 0.0712. The number of ether oxygens (including phenoxy) is 2. The number of carbonyl (C=O) groups is 1. The summed E-state index contributed by atoms with van der Waals surface area (Å²) in [5.74, 6) is -0.0712. The van der Waals surface area contributed by atoms with E-state index in [1.54, 1.807) is 10.8 Å². The second kappa shape index (κ2) is 8.41. The highest BCUT2D eigenvalue weighted by Crippen LogP contribution is 2.19. The van der Waals surface area contributed by atoms with Crippen LogP contribution in [0.3, 0.4) is 0 Å². The number of hydrogen-bond donors (Lipinski definition) is 0. The van der Waals surface area contributed by atoms with Crippen LogP contribution in [0.25, 0.3) is 0 Å². The molecule has 3 rings (SSSR count). The third-order valence-corrected chi connectivity index (χ3v) is 4.55. The van der Waals surface area contributed by atoms with Gasteiger partial charge >= 0.3 is 0 Å². The molecule has 5 nitrogen and oxygen atoms in total. The fraction of sp³-hybridized carbons (Fsp3) is 0.667. The van der Waals surface area contributed by atoms with Gasteiger partial charge in [-0.05, 0) is 37.8 Å². The Morgan fingerprint density at radius 1 is 1.22 bits per heavy atom. The molecule has 0 amide bonds. The van der Waals surface area contributed by atoms with Crippen molar-refractivity contribution in [3.05, 3.63) is 29.9 Å². The Morgan fingerprint density at radius 2 is 2.09 bits per heavy atom. The van der Waals surface area contributed by atoms with E-state index in [-0.39, 0.29) is 18.6 Å². The van der Waals surface area contributed by atoms with Crippen LogP contribution in [0.4, 0.5) is 0 Å². The summed E-state index contributed by atoms with van der Waals surface area (Å²) in [6, 6.07) is 6.04. The van der Waals surface area contributed by atoms with E-state index in [9.17, 15) is 4.79 Å². The zero-order valence-corrected chi connectivity index (χ0v) is 13.7. The molecular weight excluding hydrogens is 292 g/mol. The summed E-state index contributed by atoms with van der Waals surface area (Å²) in [6.45, 7) is 1.37. The molecule has 1 atom stereocenters. The van der Waals surface area contributed by atoms with Crippen molar-refractivity contribution < 1.29 is 14.3 Å². The van der Waals surface area contributed by atoms with Gasteiger partial charge in [0.2, 0.25) is 0 Å². The summed E-state index contributed by atoms with van der Waals surface area (Å²) >= 11 is 0. The van der Waals surface area contributed by atoms with Crippen molar-refractivity contribution >= 4 is 5.91 Å². The molecule has 1 aliphatic carbocycles. The molecule has 0 N–H and O–H groups in total. The summed E-state index contributed by atoms with van der Waals surface area (Å²) in [5.41, 5.74) is 0.741. The molecule has 1 saturated heterocycles. The maximum absolute atomic E-state index is 12.4. The standard InChI is InChI=1S/C18H26N2O3/c21-18(14-22-13-16-9-6-12-23-16)20-11-5-4-10-17(20)19-15-7-2-1-3-8-15/h4-5,10-11,15-16H,1-3,6-9,12-14H2. The lowest BCUT2D eigenvalue weighted by Crippen LogP contribution is -2.32. The Labute approximate surface area is 137 Å². The minimum Gasteiger partial charge on any atom is -0.376 e. The van der Waals surface area contributed by atoms with Gasteiger partial charge in [0.25, 0.3) is 5.91 Å². The average molecular weight is 318 g/mol. The van der Waals surface area contributed by atoms with E-state index < -0.39 is 0 Å². The van der Waals surface area contributed by atoms with Gasteiger partial charge in [0, 0.05) is 12.8 Å². The van der Waals surface area contributed by atoms with Crippen molar-refractivity contribution in [1.29, 1.82) is 0 Å². The molecule has 2 heterocycles. The highest BCUT2D eigenvalue weighted by atomic mass is 16.5. The molecule has 0 aromatic carbocycles. The smallest absolute Gasteiger partial charge is 0.258 e. The lowest BCUT2D eigenvalue weighted by Gasteiger charge is -2.17. The van der Waals surface area contributed by atoms with Crippen molar-refractivity contribution in [2.24, 2.45) is 4.99 Å². The van der Waals surface area contributed by atoms with Gasteiger partial charge in [-0.15, -0.1) is 0 Å². The summed E-state index contributed by atoms with van der Waals surface area (Å²) in [4.78, 5) is 17.2. The van der Waals surface area contributed by atoms with Crippen LogP contribution in [0, 0.1) is 0 Å². The quantitative estimate of drug-likeness (QED) is 0.838. The van der Waals surface area contributed by atoms with Gasteiger partial charge in [-0.1, -0.05) is 25.3 Å². The molecule has 2 aliphatic rings. The molecule has 1 aromatic rings. The fourth-order valence-corrected chi connectivity index (χ4v) is 3.27. The van der Waals surface area contributed by atoms with Gasteiger partial charge in [-0.2, -0.15) is 0 Å². The van der Waals surface area contributed by atoms with Gasteiger partial charge in [-0.3, -0.25) is 14.4 Å². The van der Waals surface area contributed by atoms with E-state index in [1.807, 2.05) is 18.2 Å². The molecule has 1 unspecified atom stereocenters. The Morgan fingerprint density at radius 3 is 2.87 bits per heavy atom. The van der Waals surface area contributed by atoms with Crippen LogP contribution >= 0.6 is 0 Å². The van der Waals surface area contributed by atoms with Crippen LogP contribution in [0.5, 0.6) is 0 Å². The maximum Gasteiger partial charge on any atom is 0.258 e. The SMILES string of the molecule is O=C(COCC1CCCO1)n1ccccc1=NC1CCCCC1. The molecule has 1 saturated carbocycles. The second-order valence-corrected chi connectivity index (χ2v) is 6.39. The average Bonchev–Trinajstić information content (AvgIpc) is 3.09. The molecule has 1 aromatic heterocycles. The summed E-state index contributed by atoms with van der Waals surface area (Å²) in [7, 11) is 0. The van der Waals surface area contributed by atoms with Gasteiger partial charge in [0.1, 0.15) is 12.1 Å². The largest absolute Gasteiger partial charge is 0.376 e. The van der Waals surface area contributed by atoms with Crippen molar-refractivity contribution in [2.45, 2.75) is 57.1 Å². The van der Waals surface area contributed by atoms with E-state index in [2.05, 4.69) is 0 Å². The van der Waals surface area contributed by atoms with Gasteiger partial charge < -0.3 is 9.47 Å². The third-order valence-electron chi connectivity index (χ3n) is 4.55. The molecule has 126 valence electrons. The zero-order chi connectivity index (χ0) is 15.9. The predicted molar refractivity (Wildman–Crippen MR) is 87.3 cm³/mol. The first kappa shape index (κ1) is 16.4. The number of hydrogen-bond acceptors (Lipinski definition) is 4. The van der Waals surface area contributed by atoms with Crippen LogP contribution < -0.4 is 5.49 Å². The first-order valence-electron chi connectivity index (χ1n) is 8.77. The Bertz CT molecular complexity index is 570. The van der Waals surface area contributed by atoms with Gasteiger partial charge in [0.05, 0.1) is 18.8 Å². The van der Waals surface area contributed by atoms with Crippen molar-refractivity contribution in [1.82, 2.24) is 4.57 Å².